The molecule has 144 valence electrons. The third-order valence-corrected chi connectivity index (χ3v) is 5.05. The Morgan fingerprint density at radius 1 is 1.07 bits per heavy atom. The Kier molecular flexibility index (Phi) is 6.56. The summed E-state index contributed by atoms with van der Waals surface area (Å²) in [6, 6.07) is 12.0. The molecule has 0 unspecified atom stereocenters. The molecule has 0 radical (unpaired) electrons. The number of amides is 2. The van der Waals surface area contributed by atoms with Gasteiger partial charge in [0.25, 0.3) is 5.22 Å². The van der Waals surface area contributed by atoms with E-state index in [0.29, 0.717) is 27.9 Å². The highest BCUT2D eigenvalue weighted by Gasteiger charge is 2.13. The van der Waals surface area contributed by atoms with Gasteiger partial charge in [-0.25, -0.2) is 0 Å². The fourth-order valence-corrected chi connectivity index (χ4v) is 3.11. The van der Waals surface area contributed by atoms with E-state index in [1.54, 1.807) is 42.5 Å². The summed E-state index contributed by atoms with van der Waals surface area (Å²) in [6.45, 7) is 1.44. The van der Waals surface area contributed by atoms with Gasteiger partial charge < -0.3 is 15.1 Å². The summed E-state index contributed by atoms with van der Waals surface area (Å²) in [6.07, 6.45) is 0. The number of nitrogens with one attached hydrogen (secondary N) is 2. The zero-order chi connectivity index (χ0) is 20.1. The molecule has 2 aromatic carbocycles. The van der Waals surface area contributed by atoms with Crippen molar-refractivity contribution in [1.29, 1.82) is 0 Å². The molecule has 0 saturated heterocycles. The molecule has 10 heteroatoms. The predicted molar refractivity (Wildman–Crippen MR) is 110 cm³/mol. The molecule has 28 heavy (non-hydrogen) atoms. The average molecular weight is 437 g/mol. The number of carbonyl (C=O) groups is 2. The van der Waals surface area contributed by atoms with E-state index in [1.165, 1.54) is 6.92 Å². The Bertz CT molecular complexity index is 1010. The number of hydrogen-bond acceptors (Lipinski definition) is 6. The van der Waals surface area contributed by atoms with Crippen LogP contribution in [-0.2, 0) is 9.59 Å². The molecule has 0 aliphatic heterocycles. The molecule has 0 spiro atoms. The van der Waals surface area contributed by atoms with Crippen LogP contribution in [0.25, 0.3) is 11.5 Å². The first-order valence-electron chi connectivity index (χ1n) is 8.00. The van der Waals surface area contributed by atoms with Crippen molar-refractivity contribution in [3.8, 4) is 11.5 Å². The van der Waals surface area contributed by atoms with E-state index < -0.39 is 0 Å². The van der Waals surface area contributed by atoms with Gasteiger partial charge in [0, 0.05) is 18.2 Å². The molecule has 3 aromatic rings. The zero-order valence-electron chi connectivity index (χ0n) is 14.5. The summed E-state index contributed by atoms with van der Waals surface area (Å²) in [7, 11) is 0. The van der Waals surface area contributed by atoms with Gasteiger partial charge in [-0.3, -0.25) is 9.59 Å². The summed E-state index contributed by atoms with van der Waals surface area (Å²) < 4.78 is 5.56. The highest BCUT2D eigenvalue weighted by molar-refractivity contribution is 7.99. The molecular weight excluding hydrogens is 423 g/mol. The van der Waals surface area contributed by atoms with E-state index in [0.717, 1.165) is 11.8 Å². The lowest BCUT2D eigenvalue weighted by atomic mass is 10.2. The molecular formula is C18H14Cl2N4O3S. The van der Waals surface area contributed by atoms with Crippen LogP contribution in [-0.4, -0.2) is 27.8 Å². The second-order valence-corrected chi connectivity index (χ2v) is 7.28. The number of benzene rings is 2. The second kappa shape index (κ2) is 9.09. The van der Waals surface area contributed by atoms with E-state index >= 15 is 0 Å². The van der Waals surface area contributed by atoms with Gasteiger partial charge in [-0.05, 0) is 36.4 Å². The Labute approximate surface area is 174 Å². The number of halogens is 2. The Morgan fingerprint density at radius 3 is 2.54 bits per heavy atom. The van der Waals surface area contributed by atoms with Gasteiger partial charge in [0.15, 0.2) is 0 Å². The topological polar surface area (TPSA) is 97.1 Å². The highest BCUT2D eigenvalue weighted by Crippen LogP contribution is 2.30. The van der Waals surface area contributed by atoms with Gasteiger partial charge in [0.2, 0.25) is 17.7 Å². The molecule has 0 fully saturated rings. The van der Waals surface area contributed by atoms with Crippen molar-refractivity contribution < 1.29 is 14.0 Å². The molecule has 0 aliphatic rings. The highest BCUT2D eigenvalue weighted by atomic mass is 35.5. The first-order valence-corrected chi connectivity index (χ1v) is 9.74. The van der Waals surface area contributed by atoms with Gasteiger partial charge in [0.1, 0.15) is 0 Å². The molecule has 0 atom stereocenters. The number of thioether (sulfide) groups is 1. The summed E-state index contributed by atoms with van der Waals surface area (Å²) >= 11 is 13.1. The van der Waals surface area contributed by atoms with Crippen molar-refractivity contribution in [3.05, 3.63) is 52.5 Å². The minimum atomic E-state index is -0.284. The van der Waals surface area contributed by atoms with Crippen molar-refractivity contribution in [2.45, 2.75) is 12.1 Å². The van der Waals surface area contributed by atoms with Gasteiger partial charge in [-0.2, -0.15) is 0 Å². The lowest BCUT2D eigenvalue weighted by molar-refractivity contribution is -0.114. The van der Waals surface area contributed by atoms with Gasteiger partial charge in [0.05, 0.1) is 21.5 Å². The average Bonchev–Trinajstić information content (AvgIpc) is 3.13. The van der Waals surface area contributed by atoms with Crippen molar-refractivity contribution in [1.82, 2.24) is 10.2 Å². The molecule has 7 nitrogen and oxygen atoms in total. The quantitative estimate of drug-likeness (QED) is 0.541. The van der Waals surface area contributed by atoms with E-state index in [1.807, 2.05) is 0 Å². The first-order chi connectivity index (χ1) is 13.4. The molecule has 2 N–H and O–H groups in total. The maximum atomic E-state index is 12.1. The Hall–Kier alpha value is -2.55. The maximum Gasteiger partial charge on any atom is 0.277 e. The van der Waals surface area contributed by atoms with E-state index in [9.17, 15) is 9.59 Å². The summed E-state index contributed by atoms with van der Waals surface area (Å²) in [4.78, 5) is 23.1. The molecule has 0 saturated carbocycles. The molecule has 0 bridgehead atoms. The summed E-state index contributed by atoms with van der Waals surface area (Å²) in [5, 5.41) is 14.2. The fourth-order valence-electron chi connectivity index (χ4n) is 2.20. The lowest BCUT2D eigenvalue weighted by Gasteiger charge is -2.07. The maximum absolute atomic E-state index is 12.1. The van der Waals surface area contributed by atoms with Crippen molar-refractivity contribution in [2.24, 2.45) is 0 Å². The van der Waals surface area contributed by atoms with Crippen LogP contribution in [0.2, 0.25) is 10.0 Å². The summed E-state index contributed by atoms with van der Waals surface area (Å²) in [5.74, 6) is -0.0586. The Morgan fingerprint density at radius 2 is 1.82 bits per heavy atom. The van der Waals surface area contributed by atoms with Gasteiger partial charge in [-0.1, -0.05) is 41.0 Å². The van der Waals surface area contributed by atoms with Crippen LogP contribution in [0.1, 0.15) is 6.92 Å². The van der Waals surface area contributed by atoms with E-state index in [2.05, 4.69) is 20.8 Å². The summed E-state index contributed by atoms with van der Waals surface area (Å²) in [5.41, 5.74) is 1.80. The van der Waals surface area contributed by atoms with Crippen LogP contribution in [0.4, 0.5) is 11.4 Å². The number of anilines is 2. The third kappa shape index (κ3) is 5.25. The number of hydrogen-bond donors (Lipinski definition) is 2. The first kappa shape index (κ1) is 20.2. The van der Waals surface area contributed by atoms with Crippen LogP contribution in [0.15, 0.2) is 52.1 Å². The molecule has 1 heterocycles. The normalized spacial score (nSPS) is 10.5. The van der Waals surface area contributed by atoms with Crippen molar-refractivity contribution in [2.75, 3.05) is 16.4 Å². The van der Waals surface area contributed by atoms with Crippen LogP contribution >= 0.6 is 35.0 Å². The van der Waals surface area contributed by atoms with E-state index in [-0.39, 0.29) is 27.8 Å². The second-order valence-electron chi connectivity index (χ2n) is 5.57. The van der Waals surface area contributed by atoms with Gasteiger partial charge >= 0.3 is 0 Å². The minimum absolute atomic E-state index is 0.0615. The van der Waals surface area contributed by atoms with E-state index in [4.69, 9.17) is 27.6 Å². The molecule has 1 aromatic heterocycles. The number of nitrogens with zero attached hydrogens (tertiary/aromatic N) is 2. The van der Waals surface area contributed by atoms with Crippen molar-refractivity contribution >= 4 is 58.2 Å². The molecule has 0 aliphatic carbocycles. The monoisotopic (exact) mass is 436 g/mol. The largest absolute Gasteiger partial charge is 0.411 e. The SMILES string of the molecule is CC(=O)Nc1ccc(-c2nnc(SCC(=O)Nc3cccc(Cl)c3Cl)o2)cc1. The molecule has 2 amide bonds. The predicted octanol–water partition coefficient (Wildman–Crippen LogP) is 4.73. The zero-order valence-corrected chi connectivity index (χ0v) is 16.9. The van der Waals surface area contributed by atoms with Crippen LogP contribution in [0.5, 0.6) is 0 Å². The van der Waals surface area contributed by atoms with Crippen molar-refractivity contribution in [3.63, 3.8) is 0 Å². The number of aromatic nitrogens is 2. The standard InChI is InChI=1S/C18H14Cl2N4O3S/c1-10(25)21-12-7-5-11(6-8-12)17-23-24-18(27-17)28-9-15(26)22-14-4-2-3-13(19)16(14)20/h2-8H,9H2,1H3,(H,21,25)(H,22,26). The number of rotatable bonds is 6. The van der Waals surface area contributed by atoms with Crippen LogP contribution in [0.3, 0.4) is 0 Å². The number of carbonyl (C=O) groups excluding carboxylic acids is 2. The molecule has 3 rings (SSSR count). The van der Waals surface area contributed by atoms with Gasteiger partial charge in [-0.15, -0.1) is 10.2 Å². The minimum Gasteiger partial charge on any atom is -0.411 e. The Balaban J connectivity index is 1.58. The lowest BCUT2D eigenvalue weighted by Crippen LogP contribution is -2.14. The third-order valence-electron chi connectivity index (χ3n) is 3.41. The van der Waals surface area contributed by atoms with Crippen LogP contribution < -0.4 is 10.6 Å². The smallest absolute Gasteiger partial charge is 0.277 e. The van der Waals surface area contributed by atoms with Crippen LogP contribution in [0, 0.1) is 0 Å². The fraction of sp³-hybridized carbons (Fsp3) is 0.111.